The first-order valence-electron chi connectivity index (χ1n) is 11.5. The minimum Gasteiger partial charge on any atom is -0.336 e. The van der Waals surface area contributed by atoms with Gasteiger partial charge in [0.1, 0.15) is 0 Å². The zero-order valence-corrected chi connectivity index (χ0v) is 19.5. The highest BCUT2D eigenvalue weighted by Gasteiger charge is 2.24. The van der Waals surface area contributed by atoms with Crippen LogP contribution >= 0.6 is 0 Å². The van der Waals surface area contributed by atoms with Crippen molar-refractivity contribution in [3.8, 4) is 22.3 Å². The summed E-state index contributed by atoms with van der Waals surface area (Å²) in [6, 6.07) is 43.5. The monoisotopic (exact) mass is 427 g/mol. The van der Waals surface area contributed by atoms with Gasteiger partial charge >= 0.3 is 0 Å². The maximum atomic E-state index is 2.42. The van der Waals surface area contributed by atoms with Crippen molar-refractivity contribution in [1.29, 1.82) is 0 Å². The smallest absolute Gasteiger partial charge is 0.0422 e. The summed E-state index contributed by atoms with van der Waals surface area (Å²) in [4.78, 5) is 2.42. The van der Waals surface area contributed by atoms with Crippen molar-refractivity contribution in [2.45, 2.75) is 26.3 Å². The summed E-state index contributed by atoms with van der Waals surface area (Å²) >= 11 is 0. The molecule has 5 aromatic rings. The Morgan fingerprint density at radius 3 is 1.48 bits per heavy atom. The van der Waals surface area contributed by atoms with E-state index in [1.165, 1.54) is 44.4 Å². The molecular weight excluding hydrogens is 398 g/mol. The molecule has 0 radical (unpaired) electrons. The number of hydrogen-bond donors (Lipinski definition) is 0. The van der Waals surface area contributed by atoms with Gasteiger partial charge in [0.25, 0.3) is 0 Å². The summed E-state index contributed by atoms with van der Waals surface area (Å²) in [6.45, 7) is 6.79. The Bertz CT molecular complexity index is 1360. The van der Waals surface area contributed by atoms with E-state index in [0.717, 1.165) is 0 Å². The highest BCUT2D eigenvalue weighted by atomic mass is 15.2. The van der Waals surface area contributed by atoms with Crippen molar-refractivity contribution < 1.29 is 0 Å². The summed E-state index contributed by atoms with van der Waals surface area (Å²) in [5, 5.41) is 2.51. The molecule has 0 aromatic heterocycles. The van der Waals surface area contributed by atoms with Gasteiger partial charge in [-0.25, -0.2) is 0 Å². The molecule has 0 heterocycles. The van der Waals surface area contributed by atoms with Gasteiger partial charge in [0.05, 0.1) is 0 Å². The van der Waals surface area contributed by atoms with Crippen LogP contribution in [0.3, 0.4) is 0 Å². The molecule has 1 nitrogen and oxygen atoms in total. The lowest BCUT2D eigenvalue weighted by Crippen LogP contribution is -2.37. The minimum absolute atomic E-state index is 0.0636. The number of hydrogen-bond acceptors (Lipinski definition) is 1. The summed E-state index contributed by atoms with van der Waals surface area (Å²) in [5.74, 6) is 0. The van der Waals surface area contributed by atoms with E-state index in [9.17, 15) is 0 Å². The van der Waals surface area contributed by atoms with Gasteiger partial charge in [-0.05, 0) is 84.1 Å². The molecule has 0 bridgehead atoms. The number of anilines is 2. The molecule has 5 rings (SSSR count). The molecule has 5 aromatic carbocycles. The number of fused-ring (bicyclic) bond motifs is 1. The maximum Gasteiger partial charge on any atom is 0.0422 e. The Kier molecular flexibility index (Phi) is 5.48. The van der Waals surface area contributed by atoms with Crippen LogP contribution in [0, 0.1) is 0 Å². The predicted molar refractivity (Wildman–Crippen MR) is 143 cm³/mol. The fourth-order valence-electron chi connectivity index (χ4n) is 4.54. The number of benzene rings is 5. The fraction of sp³-hybridized carbons (Fsp3) is 0.125. The van der Waals surface area contributed by atoms with E-state index < -0.39 is 0 Å². The largest absolute Gasteiger partial charge is 0.336 e. The van der Waals surface area contributed by atoms with Crippen molar-refractivity contribution in [3.05, 3.63) is 121 Å². The Morgan fingerprint density at radius 2 is 0.879 bits per heavy atom. The molecule has 0 N–H and O–H groups in total. The van der Waals surface area contributed by atoms with Crippen molar-refractivity contribution in [2.75, 3.05) is 4.90 Å². The van der Waals surface area contributed by atoms with Crippen LogP contribution in [0.4, 0.5) is 11.4 Å². The van der Waals surface area contributed by atoms with Gasteiger partial charge in [0.15, 0.2) is 0 Å². The summed E-state index contributed by atoms with van der Waals surface area (Å²) in [7, 11) is 0. The molecule has 162 valence electrons. The molecule has 0 atom stereocenters. The van der Waals surface area contributed by atoms with E-state index >= 15 is 0 Å². The van der Waals surface area contributed by atoms with Crippen LogP contribution in [-0.4, -0.2) is 5.54 Å². The zero-order valence-electron chi connectivity index (χ0n) is 19.5. The van der Waals surface area contributed by atoms with Crippen LogP contribution in [0.25, 0.3) is 33.0 Å². The Hall–Kier alpha value is -3.84. The van der Waals surface area contributed by atoms with Gasteiger partial charge in [-0.15, -0.1) is 0 Å². The lowest BCUT2D eigenvalue weighted by molar-refractivity contribution is 0.560. The lowest BCUT2D eigenvalue weighted by atomic mass is 9.98. The maximum absolute atomic E-state index is 2.42. The lowest BCUT2D eigenvalue weighted by Gasteiger charge is -2.38. The van der Waals surface area contributed by atoms with E-state index in [-0.39, 0.29) is 5.54 Å². The normalized spacial score (nSPS) is 11.5. The Labute approximate surface area is 197 Å². The quantitative estimate of drug-likeness (QED) is 0.276. The SMILES string of the molecule is CC(C)(C)N(c1ccc(-c2ccccc2)cc1)c1ccc2cc(-c3ccccc3)ccc2c1. The van der Waals surface area contributed by atoms with E-state index in [1.54, 1.807) is 0 Å². The van der Waals surface area contributed by atoms with E-state index in [2.05, 4.69) is 147 Å². The van der Waals surface area contributed by atoms with Gasteiger partial charge in [0.2, 0.25) is 0 Å². The Balaban J connectivity index is 1.52. The van der Waals surface area contributed by atoms with Crippen molar-refractivity contribution in [2.24, 2.45) is 0 Å². The van der Waals surface area contributed by atoms with Crippen LogP contribution in [0.2, 0.25) is 0 Å². The van der Waals surface area contributed by atoms with E-state index in [1.807, 2.05) is 0 Å². The summed E-state index contributed by atoms with van der Waals surface area (Å²) < 4.78 is 0. The van der Waals surface area contributed by atoms with E-state index in [0.29, 0.717) is 0 Å². The highest BCUT2D eigenvalue weighted by molar-refractivity contribution is 5.91. The van der Waals surface area contributed by atoms with Crippen LogP contribution < -0.4 is 4.90 Å². The highest BCUT2D eigenvalue weighted by Crippen LogP contribution is 2.36. The third-order valence-corrected chi connectivity index (χ3v) is 6.09. The van der Waals surface area contributed by atoms with Crippen molar-refractivity contribution in [1.82, 2.24) is 0 Å². The third-order valence-electron chi connectivity index (χ3n) is 6.09. The molecule has 0 amide bonds. The first-order chi connectivity index (χ1) is 16.0. The van der Waals surface area contributed by atoms with Crippen LogP contribution in [0.1, 0.15) is 20.8 Å². The standard InChI is InChI=1S/C32H29N/c1-32(2,3)33(30-19-16-26(17-20-30)24-10-6-4-7-11-24)31-21-18-28-22-27(14-15-29(28)23-31)25-12-8-5-9-13-25/h4-23H,1-3H3. The van der Waals surface area contributed by atoms with Gasteiger partial charge < -0.3 is 4.90 Å². The second kappa shape index (κ2) is 8.60. The van der Waals surface area contributed by atoms with Crippen molar-refractivity contribution >= 4 is 22.1 Å². The first kappa shape index (κ1) is 21.0. The second-order valence-electron chi connectivity index (χ2n) is 9.53. The minimum atomic E-state index is -0.0636. The Morgan fingerprint density at radius 1 is 0.424 bits per heavy atom. The molecule has 0 fully saturated rings. The molecule has 0 aliphatic carbocycles. The summed E-state index contributed by atoms with van der Waals surface area (Å²) in [5.41, 5.74) is 7.31. The molecule has 0 aliphatic rings. The molecule has 33 heavy (non-hydrogen) atoms. The molecule has 0 saturated heterocycles. The number of nitrogens with zero attached hydrogens (tertiary/aromatic N) is 1. The number of rotatable bonds is 4. The second-order valence-corrected chi connectivity index (χ2v) is 9.53. The van der Waals surface area contributed by atoms with Crippen LogP contribution in [0.5, 0.6) is 0 Å². The molecule has 0 aliphatic heterocycles. The van der Waals surface area contributed by atoms with Gasteiger partial charge in [0, 0.05) is 16.9 Å². The average Bonchev–Trinajstić information content (AvgIpc) is 2.84. The van der Waals surface area contributed by atoms with E-state index in [4.69, 9.17) is 0 Å². The van der Waals surface area contributed by atoms with Gasteiger partial charge in [-0.2, -0.15) is 0 Å². The topological polar surface area (TPSA) is 3.24 Å². The van der Waals surface area contributed by atoms with Crippen molar-refractivity contribution in [3.63, 3.8) is 0 Å². The molecule has 1 heteroatoms. The fourth-order valence-corrected chi connectivity index (χ4v) is 4.54. The molecule has 0 unspecified atom stereocenters. The molecular formula is C32H29N. The van der Waals surface area contributed by atoms with Gasteiger partial charge in [-0.3, -0.25) is 0 Å². The average molecular weight is 428 g/mol. The predicted octanol–water partition coefficient (Wildman–Crippen LogP) is 9.11. The summed E-state index contributed by atoms with van der Waals surface area (Å²) in [6.07, 6.45) is 0. The zero-order chi connectivity index (χ0) is 22.8. The van der Waals surface area contributed by atoms with Crippen LogP contribution in [0.15, 0.2) is 121 Å². The third kappa shape index (κ3) is 4.40. The first-order valence-corrected chi connectivity index (χ1v) is 11.5. The molecule has 0 spiro atoms. The van der Waals surface area contributed by atoms with Gasteiger partial charge in [-0.1, -0.05) is 91.0 Å². The molecule has 0 saturated carbocycles. The van der Waals surface area contributed by atoms with Crippen LogP contribution in [-0.2, 0) is 0 Å².